The van der Waals surface area contributed by atoms with E-state index in [1.807, 2.05) is 80.1 Å². The van der Waals surface area contributed by atoms with Crippen LogP contribution in [0.4, 0.5) is 0 Å². The van der Waals surface area contributed by atoms with Crippen LogP contribution in [0.1, 0.15) is 37.9 Å². The Labute approximate surface area is 208 Å². The van der Waals surface area contributed by atoms with Crippen molar-refractivity contribution in [3.8, 4) is 23.1 Å². The van der Waals surface area contributed by atoms with Crippen molar-refractivity contribution >= 4 is 0 Å². The molecule has 1 aliphatic rings. The minimum atomic E-state index is -0.556. The van der Waals surface area contributed by atoms with E-state index in [2.05, 4.69) is 4.90 Å². The van der Waals surface area contributed by atoms with E-state index in [1.165, 1.54) is 12.8 Å². The lowest BCUT2D eigenvalue weighted by Gasteiger charge is -2.26. The molecule has 1 aliphatic carbocycles. The second kappa shape index (κ2) is 11.7. The first-order chi connectivity index (χ1) is 16.9. The maximum absolute atomic E-state index is 10.7. The standard InChI is InChI=1S/C28H37N3O4/c1-20(2)34-19-24(32)17-30(16-22-14-15-22)18-25-21(3)29-31(23-10-6-5-7-11-23)28(25)35-27-13-9-8-12-26(27)33-4/h5-13,20,22,24,32H,14-19H2,1-4H3/t24-/m0/s1. The van der Waals surface area contributed by atoms with Crippen molar-refractivity contribution in [1.29, 1.82) is 0 Å². The number of rotatable bonds is 13. The molecular weight excluding hydrogens is 442 g/mol. The summed E-state index contributed by atoms with van der Waals surface area (Å²) in [5.74, 6) is 2.63. The minimum Gasteiger partial charge on any atom is -0.493 e. The van der Waals surface area contributed by atoms with Gasteiger partial charge in [0.1, 0.15) is 0 Å². The lowest BCUT2D eigenvalue weighted by Crippen LogP contribution is -2.36. The van der Waals surface area contributed by atoms with Gasteiger partial charge in [-0.25, -0.2) is 4.68 Å². The Morgan fingerprint density at radius 2 is 1.74 bits per heavy atom. The van der Waals surface area contributed by atoms with Crippen LogP contribution in [0.15, 0.2) is 54.6 Å². The van der Waals surface area contributed by atoms with Crippen molar-refractivity contribution < 1.29 is 19.3 Å². The Hall–Kier alpha value is -2.87. The van der Waals surface area contributed by atoms with Gasteiger partial charge in [-0.15, -0.1) is 0 Å². The van der Waals surface area contributed by atoms with Gasteiger partial charge in [0.15, 0.2) is 11.5 Å². The molecule has 7 heteroatoms. The molecule has 1 N–H and O–H groups in total. The fourth-order valence-corrected chi connectivity index (χ4v) is 4.12. The number of para-hydroxylation sites is 3. The summed E-state index contributed by atoms with van der Waals surface area (Å²) in [6, 6.07) is 17.6. The zero-order valence-corrected chi connectivity index (χ0v) is 21.2. The fourth-order valence-electron chi connectivity index (χ4n) is 4.12. The van der Waals surface area contributed by atoms with Crippen molar-refractivity contribution in [3.63, 3.8) is 0 Å². The molecule has 3 aromatic rings. The third-order valence-electron chi connectivity index (χ3n) is 6.10. The van der Waals surface area contributed by atoms with Crippen LogP contribution in [-0.4, -0.2) is 58.8 Å². The van der Waals surface area contributed by atoms with Gasteiger partial charge < -0.3 is 19.3 Å². The van der Waals surface area contributed by atoms with Crippen LogP contribution in [0.2, 0.25) is 0 Å². The van der Waals surface area contributed by atoms with Crippen molar-refractivity contribution in [2.24, 2.45) is 5.92 Å². The van der Waals surface area contributed by atoms with Crippen molar-refractivity contribution in [2.45, 2.75) is 52.4 Å². The number of ether oxygens (including phenoxy) is 3. The van der Waals surface area contributed by atoms with Gasteiger partial charge in [0.25, 0.3) is 0 Å². The Bertz CT molecular complexity index is 1080. The number of hydrogen-bond donors (Lipinski definition) is 1. The molecule has 1 atom stereocenters. The van der Waals surface area contributed by atoms with Crippen LogP contribution in [0.3, 0.4) is 0 Å². The molecular formula is C28H37N3O4. The second-order valence-corrected chi connectivity index (χ2v) is 9.54. The number of aliphatic hydroxyl groups excluding tert-OH is 1. The molecule has 0 spiro atoms. The van der Waals surface area contributed by atoms with Crippen molar-refractivity contribution in [2.75, 3.05) is 26.8 Å². The first-order valence-electron chi connectivity index (χ1n) is 12.4. The van der Waals surface area contributed by atoms with Crippen LogP contribution < -0.4 is 9.47 Å². The second-order valence-electron chi connectivity index (χ2n) is 9.54. The normalized spacial score (nSPS) is 14.5. The highest BCUT2D eigenvalue weighted by Gasteiger charge is 2.28. The third kappa shape index (κ3) is 6.84. The summed E-state index contributed by atoms with van der Waals surface area (Å²) in [6.07, 6.45) is 2.01. The van der Waals surface area contributed by atoms with Gasteiger partial charge in [0.05, 0.1) is 42.9 Å². The molecule has 1 aromatic heterocycles. The van der Waals surface area contributed by atoms with E-state index in [-0.39, 0.29) is 6.10 Å². The van der Waals surface area contributed by atoms with E-state index in [0.717, 1.165) is 23.5 Å². The minimum absolute atomic E-state index is 0.0914. The Morgan fingerprint density at radius 1 is 1.06 bits per heavy atom. The van der Waals surface area contributed by atoms with E-state index >= 15 is 0 Å². The molecule has 0 saturated heterocycles. The summed E-state index contributed by atoms with van der Waals surface area (Å²) >= 11 is 0. The lowest BCUT2D eigenvalue weighted by atomic mass is 10.2. The molecule has 0 radical (unpaired) electrons. The van der Waals surface area contributed by atoms with Gasteiger partial charge >= 0.3 is 0 Å². The Balaban J connectivity index is 1.66. The predicted octanol–water partition coefficient (Wildman–Crippen LogP) is 4.98. The summed E-state index contributed by atoms with van der Waals surface area (Å²) in [5, 5.41) is 15.5. The molecule has 1 saturated carbocycles. The zero-order chi connectivity index (χ0) is 24.8. The Morgan fingerprint density at radius 3 is 2.40 bits per heavy atom. The van der Waals surface area contributed by atoms with E-state index in [1.54, 1.807) is 7.11 Å². The molecule has 0 aliphatic heterocycles. The van der Waals surface area contributed by atoms with Gasteiger partial charge in [-0.2, -0.15) is 5.10 Å². The largest absolute Gasteiger partial charge is 0.493 e. The summed E-state index contributed by atoms with van der Waals surface area (Å²) in [7, 11) is 1.64. The quantitative estimate of drug-likeness (QED) is 0.373. The third-order valence-corrected chi connectivity index (χ3v) is 6.10. The number of benzene rings is 2. The summed E-state index contributed by atoms with van der Waals surface area (Å²) < 4.78 is 19.6. The zero-order valence-electron chi connectivity index (χ0n) is 21.2. The number of nitrogens with zero attached hydrogens (tertiary/aromatic N) is 3. The highest BCUT2D eigenvalue weighted by atomic mass is 16.5. The molecule has 188 valence electrons. The van der Waals surface area contributed by atoms with E-state index in [4.69, 9.17) is 19.3 Å². The number of hydrogen-bond acceptors (Lipinski definition) is 6. The molecule has 0 bridgehead atoms. The number of aliphatic hydroxyl groups is 1. The molecule has 35 heavy (non-hydrogen) atoms. The van der Waals surface area contributed by atoms with Crippen LogP contribution in [0.5, 0.6) is 17.4 Å². The van der Waals surface area contributed by atoms with Gasteiger partial charge in [-0.3, -0.25) is 4.90 Å². The first-order valence-corrected chi connectivity index (χ1v) is 12.4. The van der Waals surface area contributed by atoms with Crippen molar-refractivity contribution in [1.82, 2.24) is 14.7 Å². The lowest BCUT2D eigenvalue weighted by molar-refractivity contribution is -0.0101. The molecule has 1 fully saturated rings. The van der Waals surface area contributed by atoms with Crippen LogP contribution >= 0.6 is 0 Å². The molecule has 1 heterocycles. The average molecular weight is 480 g/mol. The highest BCUT2D eigenvalue weighted by molar-refractivity contribution is 5.47. The molecule has 0 unspecified atom stereocenters. The van der Waals surface area contributed by atoms with Crippen LogP contribution in [0.25, 0.3) is 5.69 Å². The molecule has 2 aromatic carbocycles. The first kappa shape index (κ1) is 25.2. The SMILES string of the molecule is COc1ccccc1Oc1c(CN(CC2CC2)C[C@H](O)COC(C)C)c(C)nn1-c1ccccc1. The number of aryl methyl sites for hydroxylation is 1. The molecule has 7 nitrogen and oxygen atoms in total. The van der Waals surface area contributed by atoms with Crippen LogP contribution in [0, 0.1) is 12.8 Å². The maximum Gasteiger partial charge on any atom is 0.227 e. The van der Waals surface area contributed by atoms with Crippen molar-refractivity contribution in [3.05, 3.63) is 65.9 Å². The summed E-state index contributed by atoms with van der Waals surface area (Å²) in [5.41, 5.74) is 2.82. The van der Waals surface area contributed by atoms with Gasteiger partial charge in [0.2, 0.25) is 5.88 Å². The topological polar surface area (TPSA) is 69.0 Å². The summed E-state index contributed by atoms with van der Waals surface area (Å²) in [4.78, 5) is 2.31. The highest BCUT2D eigenvalue weighted by Crippen LogP contribution is 2.37. The predicted molar refractivity (Wildman–Crippen MR) is 136 cm³/mol. The average Bonchev–Trinajstić information content (AvgIpc) is 3.62. The molecule has 4 rings (SSSR count). The number of aromatic nitrogens is 2. The monoisotopic (exact) mass is 479 g/mol. The Kier molecular flexibility index (Phi) is 8.44. The maximum atomic E-state index is 10.7. The van der Waals surface area contributed by atoms with Crippen LogP contribution in [-0.2, 0) is 11.3 Å². The number of methoxy groups -OCH3 is 1. The smallest absolute Gasteiger partial charge is 0.227 e. The summed E-state index contributed by atoms with van der Waals surface area (Å²) in [6.45, 7) is 8.40. The van der Waals surface area contributed by atoms with Gasteiger partial charge in [0, 0.05) is 19.6 Å². The van der Waals surface area contributed by atoms with Gasteiger partial charge in [-0.1, -0.05) is 30.3 Å². The van der Waals surface area contributed by atoms with E-state index < -0.39 is 6.10 Å². The fraction of sp³-hybridized carbons (Fsp3) is 0.464. The van der Waals surface area contributed by atoms with Gasteiger partial charge in [-0.05, 0) is 63.8 Å². The van der Waals surface area contributed by atoms with E-state index in [9.17, 15) is 5.11 Å². The van der Waals surface area contributed by atoms with E-state index in [0.29, 0.717) is 43.0 Å². The molecule has 0 amide bonds.